The number of ether oxygens (including phenoxy) is 3. The molecule has 3 aromatic carbocycles. The Hall–Kier alpha value is -3.67. The molecule has 250 valence electrons. The Bertz CT molecular complexity index is 1300. The number of esters is 2. The molecule has 0 amide bonds. The minimum atomic E-state index is -0.835. The molecule has 0 radical (unpaired) electrons. The summed E-state index contributed by atoms with van der Waals surface area (Å²) in [5, 5.41) is 0. The average Bonchev–Trinajstić information content (AvgIpc) is 3.06. The Morgan fingerprint density at radius 3 is 1.72 bits per heavy atom. The topological polar surface area (TPSA) is 61.8 Å². The fourth-order valence-corrected chi connectivity index (χ4v) is 5.38. The molecule has 0 N–H and O–H groups in total. The van der Waals surface area contributed by atoms with E-state index in [1.54, 1.807) is 12.1 Å². The molecule has 3 rings (SSSR count). The molecule has 1 atom stereocenters. The highest BCUT2D eigenvalue weighted by Gasteiger charge is 2.19. The van der Waals surface area contributed by atoms with Crippen LogP contribution in [0.5, 0.6) is 11.5 Å². The molecule has 0 aliphatic heterocycles. The maximum Gasteiger partial charge on any atom is 0.346 e. The zero-order valence-corrected chi connectivity index (χ0v) is 28.2. The number of halogens is 1. The molecule has 0 aliphatic carbocycles. The summed E-state index contributed by atoms with van der Waals surface area (Å²) in [4.78, 5) is 25.1. The molecule has 5 nitrogen and oxygen atoms in total. The normalized spacial score (nSPS) is 11.7. The van der Waals surface area contributed by atoms with Crippen molar-refractivity contribution in [2.24, 2.45) is 0 Å². The van der Waals surface area contributed by atoms with Gasteiger partial charge in [0.05, 0.1) is 23.8 Å². The smallest absolute Gasteiger partial charge is 0.346 e. The van der Waals surface area contributed by atoms with Crippen LogP contribution in [0, 0.1) is 5.82 Å². The largest absolute Gasteiger partial charge is 0.494 e. The number of unbranched alkanes of at least 4 members (excludes halogenated alkanes) is 12. The molecule has 3 aromatic rings. The van der Waals surface area contributed by atoms with Crippen molar-refractivity contribution in [1.29, 1.82) is 0 Å². The highest BCUT2D eigenvalue weighted by Crippen LogP contribution is 2.26. The third kappa shape index (κ3) is 13.4. The predicted octanol–water partition coefficient (Wildman–Crippen LogP) is 11.5. The number of carbonyl (C=O) groups excluding carboxylic acids is 2. The maximum atomic E-state index is 14.8. The second-order valence-corrected chi connectivity index (χ2v) is 12.2. The molecule has 6 heteroatoms. The summed E-state index contributed by atoms with van der Waals surface area (Å²) in [6, 6.07) is 18.7. The van der Waals surface area contributed by atoms with Crippen molar-refractivity contribution in [3.8, 4) is 22.6 Å². The van der Waals surface area contributed by atoms with Gasteiger partial charge in [-0.25, -0.2) is 14.0 Å². The molecule has 46 heavy (non-hydrogen) atoms. The number of rotatable bonds is 22. The van der Waals surface area contributed by atoms with Gasteiger partial charge in [-0.1, -0.05) is 115 Å². The van der Waals surface area contributed by atoms with Crippen LogP contribution in [0.25, 0.3) is 11.1 Å². The third-order valence-corrected chi connectivity index (χ3v) is 8.22. The van der Waals surface area contributed by atoms with Gasteiger partial charge in [0.15, 0.2) is 0 Å². The van der Waals surface area contributed by atoms with Gasteiger partial charge in [0.1, 0.15) is 17.3 Å². The van der Waals surface area contributed by atoms with Crippen LogP contribution < -0.4 is 9.47 Å². The summed E-state index contributed by atoms with van der Waals surface area (Å²) >= 11 is 0. The molecule has 0 saturated carbocycles. The third-order valence-electron chi connectivity index (χ3n) is 8.22. The van der Waals surface area contributed by atoms with Gasteiger partial charge < -0.3 is 14.2 Å². The molecule has 0 aliphatic rings. The average molecular weight is 633 g/mol. The van der Waals surface area contributed by atoms with E-state index in [4.69, 9.17) is 14.2 Å². The lowest BCUT2D eigenvalue weighted by Crippen LogP contribution is -2.16. The zero-order chi connectivity index (χ0) is 33.0. The number of carbonyl (C=O) groups is 2. The van der Waals surface area contributed by atoms with Crippen molar-refractivity contribution < 1.29 is 28.2 Å². The highest BCUT2D eigenvalue weighted by molar-refractivity contribution is 5.94. The van der Waals surface area contributed by atoms with Crippen LogP contribution in [0.1, 0.15) is 138 Å². The van der Waals surface area contributed by atoms with Crippen molar-refractivity contribution in [2.45, 2.75) is 123 Å². The first-order chi connectivity index (χ1) is 22.4. The standard InChI is InChI=1S/C40H53FO5/c1-4-6-8-10-11-12-13-14-15-17-29-44-35-24-19-32(20-25-35)33-21-26-36(27-22-33)46-40(43)37-28-23-34(30-38(37)41)39(42)45-31(3)18-16-9-7-5-2/h19-28,30-31H,4-18,29H2,1-3H3. The summed E-state index contributed by atoms with van der Waals surface area (Å²) < 4.78 is 31.6. The fraction of sp³-hybridized carbons (Fsp3) is 0.500. The molecule has 1 unspecified atom stereocenters. The Labute approximate surface area is 275 Å². The van der Waals surface area contributed by atoms with Crippen molar-refractivity contribution in [1.82, 2.24) is 0 Å². The lowest BCUT2D eigenvalue weighted by Gasteiger charge is -2.13. The van der Waals surface area contributed by atoms with E-state index >= 15 is 0 Å². The number of benzene rings is 3. The van der Waals surface area contributed by atoms with Crippen LogP contribution in [0.2, 0.25) is 0 Å². The van der Waals surface area contributed by atoms with Crippen LogP contribution in [-0.2, 0) is 4.74 Å². The lowest BCUT2D eigenvalue weighted by atomic mass is 10.1. The van der Waals surface area contributed by atoms with Gasteiger partial charge in [-0.3, -0.25) is 0 Å². The minimum Gasteiger partial charge on any atom is -0.494 e. The summed E-state index contributed by atoms with van der Waals surface area (Å²) in [5.74, 6) is -1.12. The van der Waals surface area contributed by atoms with Crippen molar-refractivity contribution in [3.63, 3.8) is 0 Å². The summed E-state index contributed by atoms with van der Waals surface area (Å²) in [6.45, 7) is 6.96. The second-order valence-electron chi connectivity index (χ2n) is 12.2. The van der Waals surface area contributed by atoms with Gasteiger partial charge in [0.2, 0.25) is 0 Å². The van der Waals surface area contributed by atoms with Crippen molar-refractivity contribution in [3.05, 3.63) is 83.7 Å². The zero-order valence-electron chi connectivity index (χ0n) is 28.2. The van der Waals surface area contributed by atoms with Crippen LogP contribution in [0.3, 0.4) is 0 Å². The van der Waals surface area contributed by atoms with Gasteiger partial charge >= 0.3 is 11.9 Å². The van der Waals surface area contributed by atoms with Gasteiger partial charge in [-0.2, -0.15) is 0 Å². The van der Waals surface area contributed by atoms with E-state index in [0.29, 0.717) is 5.75 Å². The monoisotopic (exact) mass is 632 g/mol. The van der Waals surface area contributed by atoms with Crippen molar-refractivity contribution in [2.75, 3.05) is 6.61 Å². The van der Waals surface area contributed by atoms with Gasteiger partial charge in [0.25, 0.3) is 0 Å². The van der Waals surface area contributed by atoms with E-state index in [-0.39, 0.29) is 17.2 Å². The first-order valence-electron chi connectivity index (χ1n) is 17.5. The molecular formula is C40H53FO5. The SMILES string of the molecule is CCCCCCCCCCCCOc1ccc(-c2ccc(OC(=O)c3ccc(C(=O)OC(C)CCCCCC)cc3F)cc2)cc1. The molecule has 0 aromatic heterocycles. The number of hydrogen-bond donors (Lipinski definition) is 0. The maximum absolute atomic E-state index is 14.8. The Kier molecular flexibility index (Phi) is 16.9. The highest BCUT2D eigenvalue weighted by atomic mass is 19.1. The van der Waals surface area contributed by atoms with E-state index in [1.807, 2.05) is 43.3 Å². The van der Waals surface area contributed by atoms with E-state index < -0.39 is 17.8 Å². The minimum absolute atomic E-state index is 0.0639. The van der Waals surface area contributed by atoms with E-state index in [9.17, 15) is 14.0 Å². The quantitative estimate of drug-likeness (QED) is 0.0626. The first kappa shape index (κ1) is 36.8. The Morgan fingerprint density at radius 2 is 1.15 bits per heavy atom. The number of hydrogen-bond acceptors (Lipinski definition) is 5. The molecule has 0 fully saturated rings. The van der Waals surface area contributed by atoms with Crippen LogP contribution >= 0.6 is 0 Å². The van der Waals surface area contributed by atoms with Crippen LogP contribution in [0.4, 0.5) is 4.39 Å². The molecule has 0 saturated heterocycles. The Balaban J connectivity index is 1.40. The Morgan fingerprint density at radius 1 is 0.630 bits per heavy atom. The van der Waals surface area contributed by atoms with E-state index in [1.165, 1.54) is 69.9 Å². The molecule has 0 heterocycles. The fourth-order valence-electron chi connectivity index (χ4n) is 5.38. The molecule has 0 bridgehead atoms. The van der Waals surface area contributed by atoms with E-state index in [2.05, 4.69) is 13.8 Å². The summed E-state index contributed by atoms with van der Waals surface area (Å²) in [7, 11) is 0. The molecular weight excluding hydrogens is 579 g/mol. The lowest BCUT2D eigenvalue weighted by molar-refractivity contribution is 0.0318. The van der Waals surface area contributed by atoms with Gasteiger partial charge in [0, 0.05) is 0 Å². The van der Waals surface area contributed by atoms with Crippen molar-refractivity contribution >= 4 is 11.9 Å². The first-order valence-corrected chi connectivity index (χ1v) is 17.5. The van der Waals surface area contributed by atoms with E-state index in [0.717, 1.165) is 68.1 Å². The summed E-state index contributed by atoms with van der Waals surface area (Å²) in [5.41, 5.74) is 1.78. The van der Waals surface area contributed by atoms with Gasteiger partial charge in [-0.05, 0) is 79.8 Å². The summed E-state index contributed by atoms with van der Waals surface area (Å²) in [6.07, 6.45) is 17.9. The molecule has 0 spiro atoms. The van der Waals surface area contributed by atoms with Gasteiger partial charge in [-0.15, -0.1) is 0 Å². The second kappa shape index (κ2) is 21.2. The van der Waals surface area contributed by atoms with Crippen LogP contribution in [0.15, 0.2) is 66.7 Å². The predicted molar refractivity (Wildman–Crippen MR) is 184 cm³/mol. The van der Waals surface area contributed by atoms with Crippen LogP contribution in [-0.4, -0.2) is 24.6 Å².